The first-order valence-corrected chi connectivity index (χ1v) is 8.40. The monoisotopic (exact) mass is 417 g/mol. The Labute approximate surface area is 162 Å². The molecule has 0 radical (unpaired) electrons. The molecule has 0 saturated heterocycles. The van der Waals surface area contributed by atoms with Crippen LogP contribution in [-0.2, 0) is 11.3 Å². The third-order valence-corrected chi connectivity index (χ3v) is 4.45. The van der Waals surface area contributed by atoms with E-state index >= 15 is 0 Å². The number of anilines is 1. The summed E-state index contributed by atoms with van der Waals surface area (Å²) in [5.74, 6) is -0.737. The maximum Gasteiger partial charge on any atom is 0.511 e. The smallest absolute Gasteiger partial charge is 0.449 e. The first-order chi connectivity index (χ1) is 12.6. The number of hydrogen-bond donors (Lipinski definition) is 1. The molecule has 1 aliphatic heterocycles. The molecule has 1 aliphatic rings. The van der Waals surface area contributed by atoms with Gasteiger partial charge in [-0.1, -0.05) is 35.3 Å². The fourth-order valence-corrected chi connectivity index (χ4v) is 3.22. The zero-order chi connectivity index (χ0) is 19.8. The Bertz CT molecular complexity index is 898. The summed E-state index contributed by atoms with van der Waals surface area (Å²) >= 11 is 11.8. The van der Waals surface area contributed by atoms with E-state index < -0.39 is 24.1 Å². The van der Waals surface area contributed by atoms with Crippen LogP contribution in [0.15, 0.2) is 48.2 Å². The van der Waals surface area contributed by atoms with Crippen LogP contribution in [0.1, 0.15) is 11.1 Å². The summed E-state index contributed by atoms with van der Waals surface area (Å²) in [6, 6.07) is 8.44. The summed E-state index contributed by atoms with van der Waals surface area (Å²) in [5, 5.41) is 9.62. The van der Waals surface area contributed by atoms with Crippen LogP contribution < -0.4 is 4.90 Å². The number of hydrogen-bond acceptors (Lipinski definition) is 3. The van der Waals surface area contributed by atoms with Crippen LogP contribution >= 0.6 is 23.2 Å². The zero-order valence-electron chi connectivity index (χ0n) is 13.5. The van der Waals surface area contributed by atoms with Crippen LogP contribution in [0.25, 0.3) is 6.08 Å². The molecule has 4 nitrogen and oxygen atoms in total. The summed E-state index contributed by atoms with van der Waals surface area (Å²) in [6.07, 6.45) is -5.55. The maximum atomic E-state index is 13.8. The molecule has 0 bridgehead atoms. The Morgan fingerprint density at radius 1 is 1.11 bits per heavy atom. The molecule has 3 rings (SSSR count). The van der Waals surface area contributed by atoms with Crippen LogP contribution in [-0.4, -0.2) is 23.5 Å². The van der Waals surface area contributed by atoms with Gasteiger partial charge in [-0.25, -0.2) is 4.79 Å². The normalized spacial score (nSPS) is 16.6. The van der Waals surface area contributed by atoms with Crippen molar-refractivity contribution in [2.75, 3.05) is 4.90 Å². The number of fused-ring (bicyclic) bond motifs is 1. The number of alkyl halides is 3. The van der Waals surface area contributed by atoms with Gasteiger partial charge in [0.1, 0.15) is 5.76 Å². The summed E-state index contributed by atoms with van der Waals surface area (Å²) in [7, 11) is 0. The van der Waals surface area contributed by atoms with Crippen LogP contribution in [0.3, 0.4) is 0 Å². The quantitative estimate of drug-likeness (QED) is 0.624. The predicted octanol–water partition coefficient (Wildman–Crippen LogP) is 5.98. The molecular weight excluding hydrogens is 406 g/mol. The van der Waals surface area contributed by atoms with Gasteiger partial charge in [0.2, 0.25) is 0 Å². The second-order valence-electron chi connectivity index (χ2n) is 5.82. The van der Waals surface area contributed by atoms with Crippen LogP contribution in [0.5, 0.6) is 0 Å². The molecule has 9 heteroatoms. The van der Waals surface area contributed by atoms with Crippen molar-refractivity contribution >= 4 is 41.1 Å². The van der Waals surface area contributed by atoms with Gasteiger partial charge in [0.15, 0.2) is 6.04 Å². The molecule has 0 fully saturated rings. The molecule has 0 aliphatic carbocycles. The predicted molar refractivity (Wildman–Crippen MR) is 96.0 cm³/mol. The maximum absolute atomic E-state index is 13.8. The van der Waals surface area contributed by atoms with Crippen molar-refractivity contribution in [2.45, 2.75) is 18.8 Å². The van der Waals surface area contributed by atoms with Gasteiger partial charge in [0.05, 0.1) is 0 Å². The minimum atomic E-state index is -4.77. The molecule has 27 heavy (non-hydrogen) atoms. The third kappa shape index (κ3) is 4.31. The molecule has 2 aromatic carbocycles. The van der Waals surface area contributed by atoms with Gasteiger partial charge < -0.3 is 14.7 Å². The van der Waals surface area contributed by atoms with Crippen molar-refractivity contribution in [1.29, 1.82) is 0 Å². The van der Waals surface area contributed by atoms with Crippen molar-refractivity contribution in [3.63, 3.8) is 0 Å². The Hall–Kier alpha value is -2.38. The van der Waals surface area contributed by atoms with Gasteiger partial charge in [0.25, 0.3) is 0 Å². The van der Waals surface area contributed by atoms with Gasteiger partial charge in [-0.05, 0) is 42.0 Å². The number of carboxylic acid groups (broad SMARTS) is 1. The van der Waals surface area contributed by atoms with Crippen LogP contribution in [0.4, 0.5) is 23.7 Å². The van der Waals surface area contributed by atoms with E-state index in [1.807, 2.05) is 0 Å². The minimum Gasteiger partial charge on any atom is -0.449 e. The molecule has 0 aromatic heterocycles. The number of rotatable bonds is 3. The van der Waals surface area contributed by atoms with E-state index in [1.165, 1.54) is 18.2 Å². The van der Waals surface area contributed by atoms with Crippen molar-refractivity contribution in [2.24, 2.45) is 0 Å². The van der Waals surface area contributed by atoms with Crippen LogP contribution in [0.2, 0.25) is 10.0 Å². The molecule has 2 aromatic rings. The molecule has 142 valence electrons. The number of ether oxygens (including phenoxy) is 1. The second-order valence-corrected chi connectivity index (χ2v) is 6.69. The Balaban J connectivity index is 2.12. The van der Waals surface area contributed by atoms with E-state index in [2.05, 4.69) is 4.74 Å². The van der Waals surface area contributed by atoms with E-state index in [0.29, 0.717) is 21.2 Å². The molecule has 1 heterocycles. The lowest BCUT2D eigenvalue weighted by atomic mass is 9.99. The fraction of sp³-hybridized carbons (Fsp3) is 0.167. The summed E-state index contributed by atoms with van der Waals surface area (Å²) < 4.78 is 46.0. The minimum absolute atomic E-state index is 0.143. The Morgan fingerprint density at radius 3 is 2.33 bits per heavy atom. The summed E-state index contributed by atoms with van der Waals surface area (Å²) in [6.45, 7) is -0.143. The van der Waals surface area contributed by atoms with Crippen molar-refractivity contribution in [3.05, 3.63) is 69.4 Å². The van der Waals surface area contributed by atoms with Gasteiger partial charge >= 0.3 is 12.3 Å². The van der Waals surface area contributed by atoms with Crippen molar-refractivity contribution < 1.29 is 27.8 Å². The Morgan fingerprint density at radius 2 is 1.74 bits per heavy atom. The fourth-order valence-electron chi connectivity index (χ4n) is 2.91. The topological polar surface area (TPSA) is 49.8 Å². The molecule has 0 spiro atoms. The van der Waals surface area contributed by atoms with Crippen molar-refractivity contribution in [1.82, 2.24) is 0 Å². The second kappa shape index (κ2) is 7.32. The SMILES string of the molecule is O=C(O)OC1=Cc2cc(Cl)ccc2N(Cc2ccc(Cl)cc2)C1C(F)(F)F. The average Bonchev–Trinajstić information content (AvgIpc) is 2.54. The molecule has 0 amide bonds. The number of nitrogens with zero attached hydrogens (tertiary/aromatic N) is 1. The number of benzene rings is 2. The molecule has 1 atom stereocenters. The van der Waals surface area contributed by atoms with Gasteiger partial charge in [-0.15, -0.1) is 0 Å². The van der Waals surface area contributed by atoms with E-state index in [4.69, 9.17) is 28.3 Å². The highest BCUT2D eigenvalue weighted by molar-refractivity contribution is 6.31. The highest BCUT2D eigenvalue weighted by Gasteiger charge is 2.50. The highest BCUT2D eigenvalue weighted by atomic mass is 35.5. The van der Waals surface area contributed by atoms with Gasteiger partial charge in [-0.2, -0.15) is 13.2 Å². The van der Waals surface area contributed by atoms with E-state index in [-0.39, 0.29) is 12.2 Å². The molecule has 1 unspecified atom stereocenters. The molecule has 1 N–H and O–H groups in total. The lowest BCUT2D eigenvalue weighted by molar-refractivity contribution is -0.147. The van der Waals surface area contributed by atoms with E-state index in [9.17, 15) is 18.0 Å². The summed E-state index contributed by atoms with van der Waals surface area (Å²) in [5.41, 5.74) is 1.15. The number of halogens is 5. The average molecular weight is 418 g/mol. The van der Waals surface area contributed by atoms with E-state index in [1.54, 1.807) is 24.3 Å². The Kier molecular flexibility index (Phi) is 5.26. The zero-order valence-corrected chi connectivity index (χ0v) is 15.0. The standard InChI is InChI=1S/C18H12Cl2F3NO3/c19-12-3-1-10(2-4-12)9-24-14-6-5-13(20)7-11(14)8-15(27-17(25)26)16(24)18(21,22)23/h1-8,16H,9H2,(H,25,26). The molecular formula is C18H12Cl2F3NO3. The first kappa shape index (κ1) is 19.4. The largest absolute Gasteiger partial charge is 0.511 e. The highest BCUT2D eigenvalue weighted by Crippen LogP contribution is 2.42. The van der Waals surface area contributed by atoms with Gasteiger partial charge in [0, 0.05) is 27.8 Å². The lowest BCUT2D eigenvalue weighted by Gasteiger charge is -2.39. The van der Waals surface area contributed by atoms with Crippen LogP contribution in [0, 0.1) is 0 Å². The third-order valence-electron chi connectivity index (χ3n) is 3.96. The van der Waals surface area contributed by atoms with E-state index in [0.717, 1.165) is 11.0 Å². The first-order valence-electron chi connectivity index (χ1n) is 7.65. The molecule has 0 saturated carbocycles. The lowest BCUT2D eigenvalue weighted by Crippen LogP contribution is -2.49. The number of carbonyl (C=O) groups is 1. The van der Waals surface area contributed by atoms with Gasteiger partial charge in [-0.3, -0.25) is 0 Å². The summed E-state index contributed by atoms with van der Waals surface area (Å²) in [4.78, 5) is 12.0. The van der Waals surface area contributed by atoms with Crippen molar-refractivity contribution in [3.8, 4) is 0 Å².